The molecule has 1 N–H and O–H groups in total. The van der Waals surface area contributed by atoms with Gasteiger partial charge in [0.15, 0.2) is 17.5 Å². The quantitative estimate of drug-likeness (QED) is 0.122. The van der Waals surface area contributed by atoms with Gasteiger partial charge >= 0.3 is 6.01 Å². The van der Waals surface area contributed by atoms with Crippen molar-refractivity contribution in [3.8, 4) is 23.0 Å². The molecule has 248 valence electrons. The van der Waals surface area contributed by atoms with Crippen LogP contribution in [-0.4, -0.2) is 83.7 Å². The average Bonchev–Trinajstić information content (AvgIpc) is 3.76. The van der Waals surface area contributed by atoms with Crippen LogP contribution in [0.2, 0.25) is 5.15 Å². The van der Waals surface area contributed by atoms with Gasteiger partial charge in [-0.25, -0.2) is 18.2 Å². The van der Waals surface area contributed by atoms with Crippen LogP contribution in [0.5, 0.6) is 11.8 Å². The molecule has 8 rings (SSSR count). The van der Waals surface area contributed by atoms with E-state index in [4.69, 9.17) is 30.6 Å². The number of hydrogen-bond acceptors (Lipinski definition) is 9. The molecule has 4 aliphatic rings. The van der Waals surface area contributed by atoms with E-state index < -0.39 is 17.5 Å². The molecule has 2 bridgehead atoms. The minimum atomic E-state index is -1.12. The van der Waals surface area contributed by atoms with E-state index in [1.807, 2.05) is 0 Å². The van der Waals surface area contributed by atoms with Crippen molar-refractivity contribution in [2.75, 3.05) is 51.1 Å². The number of nitrogens with zero attached hydrogens (tertiary/aromatic N) is 5. The van der Waals surface area contributed by atoms with Gasteiger partial charge in [0.1, 0.15) is 34.5 Å². The number of pyridine rings is 1. The lowest BCUT2D eigenvalue weighted by molar-refractivity contribution is 0.108. The zero-order valence-electron chi connectivity index (χ0n) is 25.9. The number of benzene rings is 2. The van der Waals surface area contributed by atoms with Crippen LogP contribution in [-0.2, 0) is 4.74 Å². The fourth-order valence-electron chi connectivity index (χ4n) is 7.98. The summed E-state index contributed by atoms with van der Waals surface area (Å²) in [7, 11) is 1.48. The Balaban J connectivity index is 1.29. The summed E-state index contributed by atoms with van der Waals surface area (Å²) in [6.07, 6.45) is 6.67. The van der Waals surface area contributed by atoms with Gasteiger partial charge in [-0.15, -0.1) is 0 Å². The number of methoxy groups -OCH3 is 1. The zero-order valence-corrected chi connectivity index (χ0v) is 27.7. The molecular formula is C33H35ClF3N6O3P. The van der Waals surface area contributed by atoms with Crippen molar-refractivity contribution in [1.82, 2.24) is 25.2 Å². The summed E-state index contributed by atoms with van der Waals surface area (Å²) < 4.78 is 64.3. The minimum absolute atomic E-state index is 0.00712. The van der Waals surface area contributed by atoms with E-state index in [0.717, 1.165) is 57.7 Å². The number of hydrogen-bond donors (Lipinski definition) is 1. The van der Waals surface area contributed by atoms with Crippen molar-refractivity contribution in [2.45, 2.75) is 56.1 Å². The van der Waals surface area contributed by atoms with Crippen molar-refractivity contribution in [1.29, 1.82) is 0 Å². The molecule has 3 atom stereocenters. The second-order valence-corrected chi connectivity index (χ2v) is 14.1. The monoisotopic (exact) mass is 686 g/mol. The highest BCUT2D eigenvalue weighted by molar-refractivity contribution is 7.32. The van der Waals surface area contributed by atoms with Crippen LogP contribution >= 0.6 is 20.4 Å². The van der Waals surface area contributed by atoms with Crippen LogP contribution in [0.1, 0.15) is 38.5 Å². The standard InChI is InChI=1S/C33H35ClF3N6O3P/c1-44-17-47-46-21-12-18-4-7-23(35)26(36)24(18)22(13-21)28-27(37)29-25(30(34)39-28)31(42-14-19-5-6-20(15-42)38-19)41-32(40-29)45-16-33-8-2-10-43(33)11-3-9-33/h4,7,12-13,19-20,38,47H,2-3,5-6,8-11,14-17H2,1H3. The van der Waals surface area contributed by atoms with E-state index in [1.165, 1.54) is 12.1 Å². The van der Waals surface area contributed by atoms with Crippen LogP contribution in [0.3, 0.4) is 0 Å². The Hall–Kier alpha value is -3.02. The Morgan fingerprint density at radius 3 is 2.51 bits per heavy atom. The number of anilines is 1. The zero-order chi connectivity index (χ0) is 32.3. The summed E-state index contributed by atoms with van der Waals surface area (Å²) in [4.78, 5) is 18.5. The first-order chi connectivity index (χ1) is 22.8. The highest BCUT2D eigenvalue weighted by atomic mass is 35.5. The molecule has 2 aromatic heterocycles. The molecule has 2 aromatic carbocycles. The van der Waals surface area contributed by atoms with E-state index >= 15 is 8.78 Å². The van der Waals surface area contributed by atoms with Crippen LogP contribution in [0.25, 0.3) is 32.9 Å². The van der Waals surface area contributed by atoms with Gasteiger partial charge in [-0.05, 0) is 75.2 Å². The summed E-state index contributed by atoms with van der Waals surface area (Å²) in [5.74, 6) is -2.24. The fourth-order valence-corrected chi connectivity index (χ4v) is 8.70. The van der Waals surface area contributed by atoms with Crippen LogP contribution < -0.4 is 19.5 Å². The Labute approximate surface area is 277 Å². The van der Waals surface area contributed by atoms with Crippen molar-refractivity contribution in [3.63, 3.8) is 0 Å². The van der Waals surface area contributed by atoms with Crippen molar-refractivity contribution in [2.24, 2.45) is 0 Å². The molecular weight excluding hydrogens is 652 g/mol. The Kier molecular flexibility index (Phi) is 8.28. The number of fused-ring (bicyclic) bond motifs is 5. The molecule has 0 saturated carbocycles. The predicted octanol–water partition coefficient (Wildman–Crippen LogP) is 6.44. The number of halogens is 4. The van der Waals surface area contributed by atoms with Crippen molar-refractivity contribution >= 4 is 47.9 Å². The lowest BCUT2D eigenvalue weighted by atomic mass is 9.95. The maximum Gasteiger partial charge on any atom is 0.319 e. The van der Waals surface area contributed by atoms with Gasteiger partial charge in [-0.1, -0.05) is 17.7 Å². The molecule has 0 amide bonds. The number of ether oxygens (including phenoxy) is 2. The summed E-state index contributed by atoms with van der Waals surface area (Å²) in [6, 6.07) is 6.07. The van der Waals surface area contributed by atoms with Crippen LogP contribution in [0, 0.1) is 17.5 Å². The van der Waals surface area contributed by atoms with Crippen molar-refractivity contribution in [3.05, 3.63) is 46.9 Å². The van der Waals surface area contributed by atoms with E-state index in [-0.39, 0.29) is 65.1 Å². The van der Waals surface area contributed by atoms with Crippen molar-refractivity contribution < 1.29 is 27.2 Å². The van der Waals surface area contributed by atoms with Crippen LogP contribution in [0.4, 0.5) is 19.0 Å². The topological polar surface area (TPSA) is 84.9 Å². The highest BCUT2D eigenvalue weighted by Gasteiger charge is 2.45. The second kappa shape index (κ2) is 12.5. The number of aromatic nitrogens is 3. The Morgan fingerprint density at radius 1 is 1.00 bits per heavy atom. The molecule has 9 nitrogen and oxygen atoms in total. The van der Waals surface area contributed by atoms with Gasteiger partial charge in [-0.3, -0.25) is 4.90 Å². The second-order valence-electron chi connectivity index (χ2n) is 13.0. The van der Waals surface area contributed by atoms with Gasteiger partial charge in [0.25, 0.3) is 0 Å². The van der Waals surface area contributed by atoms with Gasteiger partial charge in [0, 0.05) is 43.2 Å². The summed E-state index contributed by atoms with van der Waals surface area (Å²) in [6.45, 7) is 3.80. The van der Waals surface area contributed by atoms with Gasteiger partial charge in [0.05, 0.1) is 26.1 Å². The maximum atomic E-state index is 17.0. The summed E-state index contributed by atoms with van der Waals surface area (Å²) in [5.41, 5.74) is -0.441. The molecule has 0 radical (unpaired) electrons. The summed E-state index contributed by atoms with van der Waals surface area (Å²) >= 11 is 6.90. The molecule has 4 aliphatic heterocycles. The number of rotatable bonds is 9. The lowest BCUT2D eigenvalue weighted by Gasteiger charge is -2.35. The lowest BCUT2D eigenvalue weighted by Crippen LogP contribution is -2.51. The fraction of sp³-hybridized carbons (Fsp3) is 0.485. The molecule has 0 aliphatic carbocycles. The van der Waals surface area contributed by atoms with Gasteiger partial charge in [-0.2, -0.15) is 9.97 Å². The molecule has 4 fully saturated rings. The predicted molar refractivity (Wildman–Crippen MR) is 176 cm³/mol. The highest BCUT2D eigenvalue weighted by Crippen LogP contribution is 2.43. The third kappa shape index (κ3) is 5.56. The van der Waals surface area contributed by atoms with Gasteiger partial charge < -0.3 is 24.2 Å². The SMILES string of the molecule is COCPOc1cc(-c2nc(Cl)c3c(N4CC5CCC(C4)N5)nc(OCC45CCCN4CCC5)nc3c2F)c2c(F)c(F)ccc2c1. The smallest absolute Gasteiger partial charge is 0.319 e. The largest absolute Gasteiger partial charge is 0.475 e. The van der Waals surface area contributed by atoms with E-state index in [2.05, 4.69) is 25.1 Å². The Morgan fingerprint density at radius 2 is 1.77 bits per heavy atom. The molecule has 3 unspecified atom stereocenters. The molecule has 14 heteroatoms. The number of piperazine rings is 1. The Bertz CT molecular complexity index is 1850. The molecule has 47 heavy (non-hydrogen) atoms. The molecule has 4 saturated heterocycles. The first-order valence-electron chi connectivity index (χ1n) is 16.1. The third-order valence-corrected chi connectivity index (χ3v) is 11.2. The van der Waals surface area contributed by atoms with E-state index in [1.54, 1.807) is 13.2 Å². The minimum Gasteiger partial charge on any atom is -0.475 e. The van der Waals surface area contributed by atoms with E-state index in [9.17, 15) is 4.39 Å². The maximum absolute atomic E-state index is 17.0. The first-order valence-corrected chi connectivity index (χ1v) is 17.6. The first kappa shape index (κ1) is 31.3. The van der Waals surface area contributed by atoms with E-state index in [0.29, 0.717) is 43.0 Å². The molecule has 6 heterocycles. The summed E-state index contributed by atoms with van der Waals surface area (Å²) in [5, 5.41) is 4.01. The molecule has 0 spiro atoms. The average molecular weight is 687 g/mol. The van der Waals surface area contributed by atoms with Gasteiger partial charge in [0.2, 0.25) is 0 Å². The normalized spacial score (nSPS) is 22.3. The third-order valence-electron chi connectivity index (χ3n) is 10.1. The van der Waals surface area contributed by atoms with Crippen LogP contribution in [0.15, 0.2) is 24.3 Å². The number of nitrogens with one attached hydrogen (secondary N) is 1. The molecule has 4 aromatic rings.